The van der Waals surface area contributed by atoms with Gasteiger partial charge in [-0.3, -0.25) is 4.79 Å². The number of fused-ring (bicyclic) bond motifs is 1. The van der Waals surface area contributed by atoms with Crippen molar-refractivity contribution in [1.29, 1.82) is 0 Å². The molecule has 0 aliphatic carbocycles. The zero-order chi connectivity index (χ0) is 16.4. The maximum atomic E-state index is 13.3. The van der Waals surface area contributed by atoms with Gasteiger partial charge in [-0.1, -0.05) is 13.8 Å². The average Bonchev–Trinajstić information content (AvgIpc) is 2.74. The minimum atomic E-state index is -1.10. The van der Waals surface area contributed by atoms with E-state index in [9.17, 15) is 14.0 Å². The van der Waals surface area contributed by atoms with Gasteiger partial charge in [0.05, 0.1) is 0 Å². The molecule has 0 spiro atoms. The van der Waals surface area contributed by atoms with E-state index in [1.54, 1.807) is 6.92 Å². The van der Waals surface area contributed by atoms with Gasteiger partial charge in [0.25, 0.3) is 5.91 Å². The fraction of sp³-hybridized carbons (Fsp3) is 0.375. The summed E-state index contributed by atoms with van der Waals surface area (Å²) in [5.74, 6) is -2.00. The molecule has 0 saturated heterocycles. The summed E-state index contributed by atoms with van der Waals surface area (Å²) in [7, 11) is 0. The number of carboxylic acid groups (broad SMARTS) is 1. The molecule has 118 valence electrons. The average molecular weight is 307 g/mol. The Labute approximate surface area is 127 Å². The number of rotatable bonds is 5. The molecular formula is C16H18FNO4. The molecule has 0 saturated carbocycles. The molecule has 0 aliphatic rings. The Hall–Kier alpha value is -2.37. The van der Waals surface area contributed by atoms with E-state index >= 15 is 0 Å². The van der Waals surface area contributed by atoms with Crippen molar-refractivity contribution in [3.63, 3.8) is 0 Å². The summed E-state index contributed by atoms with van der Waals surface area (Å²) in [5, 5.41) is 12.1. The van der Waals surface area contributed by atoms with Gasteiger partial charge in [0.1, 0.15) is 17.4 Å². The maximum Gasteiger partial charge on any atom is 0.326 e. The second-order valence-electron chi connectivity index (χ2n) is 5.69. The zero-order valence-corrected chi connectivity index (χ0v) is 12.6. The Bertz CT molecular complexity index is 720. The van der Waals surface area contributed by atoms with Gasteiger partial charge in [0.2, 0.25) is 0 Å². The van der Waals surface area contributed by atoms with E-state index in [2.05, 4.69) is 5.32 Å². The molecular weight excluding hydrogens is 289 g/mol. The first-order valence-electron chi connectivity index (χ1n) is 7.02. The third-order valence-electron chi connectivity index (χ3n) is 3.41. The van der Waals surface area contributed by atoms with E-state index in [0.717, 1.165) is 0 Å². The molecule has 0 aliphatic heterocycles. The van der Waals surface area contributed by atoms with Crippen LogP contribution in [0, 0.1) is 18.7 Å². The first kappa shape index (κ1) is 16.0. The Kier molecular flexibility index (Phi) is 4.49. The summed E-state index contributed by atoms with van der Waals surface area (Å²) in [6.45, 7) is 5.38. The lowest BCUT2D eigenvalue weighted by Gasteiger charge is -2.15. The molecule has 6 heteroatoms. The van der Waals surface area contributed by atoms with Crippen LogP contribution in [-0.2, 0) is 4.79 Å². The number of furan rings is 1. The maximum absolute atomic E-state index is 13.3. The van der Waals surface area contributed by atoms with E-state index in [1.807, 2.05) is 13.8 Å². The van der Waals surface area contributed by atoms with Crippen LogP contribution in [0.15, 0.2) is 22.6 Å². The summed E-state index contributed by atoms with van der Waals surface area (Å²) in [6.07, 6.45) is 0.314. The highest BCUT2D eigenvalue weighted by Crippen LogP contribution is 2.26. The molecule has 0 unspecified atom stereocenters. The number of halogens is 1. The number of aryl methyl sites for hydroxylation is 1. The first-order valence-corrected chi connectivity index (χ1v) is 7.02. The number of carbonyl (C=O) groups is 2. The van der Waals surface area contributed by atoms with E-state index < -0.39 is 23.7 Å². The highest BCUT2D eigenvalue weighted by Gasteiger charge is 2.25. The molecule has 1 aromatic heterocycles. The molecule has 1 heterocycles. The SMILES string of the molecule is Cc1c(C(=O)N[C@@H](CC(C)C)C(=O)O)oc2ccc(F)cc12. The molecule has 1 aromatic carbocycles. The Balaban J connectivity index is 2.29. The summed E-state index contributed by atoms with van der Waals surface area (Å²) >= 11 is 0. The third kappa shape index (κ3) is 3.27. The Morgan fingerprint density at radius 3 is 2.64 bits per heavy atom. The number of aliphatic carboxylic acids is 1. The predicted octanol–water partition coefficient (Wildman–Crippen LogP) is 3.11. The number of benzene rings is 1. The minimum absolute atomic E-state index is 0.00982. The highest BCUT2D eigenvalue weighted by molar-refractivity contribution is 6.00. The summed E-state index contributed by atoms with van der Waals surface area (Å²) < 4.78 is 18.7. The lowest BCUT2D eigenvalue weighted by atomic mass is 10.0. The minimum Gasteiger partial charge on any atom is -0.480 e. The topological polar surface area (TPSA) is 79.5 Å². The van der Waals surface area contributed by atoms with Crippen LogP contribution in [0.1, 0.15) is 36.4 Å². The van der Waals surface area contributed by atoms with Gasteiger partial charge in [-0.05, 0) is 37.5 Å². The summed E-state index contributed by atoms with van der Waals surface area (Å²) in [6, 6.07) is 2.98. The summed E-state index contributed by atoms with van der Waals surface area (Å²) in [4.78, 5) is 23.5. The van der Waals surface area contributed by atoms with Crippen LogP contribution >= 0.6 is 0 Å². The second-order valence-corrected chi connectivity index (χ2v) is 5.69. The van der Waals surface area contributed by atoms with Crippen LogP contribution in [0.25, 0.3) is 11.0 Å². The molecule has 2 N–H and O–H groups in total. The van der Waals surface area contributed by atoms with Crippen molar-refractivity contribution in [2.24, 2.45) is 5.92 Å². The first-order chi connectivity index (χ1) is 10.3. The molecule has 2 rings (SSSR count). The molecule has 1 atom stereocenters. The van der Waals surface area contributed by atoms with Crippen molar-refractivity contribution in [3.8, 4) is 0 Å². The van der Waals surface area contributed by atoms with Crippen LogP contribution in [0.2, 0.25) is 0 Å². The van der Waals surface area contributed by atoms with Gasteiger partial charge < -0.3 is 14.8 Å². The fourth-order valence-corrected chi connectivity index (χ4v) is 2.33. The van der Waals surface area contributed by atoms with Crippen molar-refractivity contribution in [1.82, 2.24) is 5.32 Å². The van der Waals surface area contributed by atoms with Crippen LogP contribution in [0.5, 0.6) is 0 Å². The number of carboxylic acids is 1. The van der Waals surface area contributed by atoms with Crippen LogP contribution in [0.3, 0.4) is 0 Å². The van der Waals surface area contributed by atoms with E-state index in [1.165, 1.54) is 18.2 Å². The van der Waals surface area contributed by atoms with Gasteiger partial charge in [0.15, 0.2) is 5.76 Å². The standard InChI is InChI=1S/C16H18FNO4/c1-8(2)6-12(16(20)21)18-15(19)14-9(3)11-7-10(17)4-5-13(11)22-14/h4-5,7-8,12H,6H2,1-3H3,(H,18,19)(H,20,21)/t12-/m0/s1. The molecule has 0 radical (unpaired) electrons. The quantitative estimate of drug-likeness (QED) is 0.889. The Morgan fingerprint density at radius 1 is 1.36 bits per heavy atom. The van der Waals surface area contributed by atoms with Gasteiger partial charge in [-0.2, -0.15) is 0 Å². The number of nitrogens with one attached hydrogen (secondary N) is 1. The van der Waals surface area contributed by atoms with Gasteiger partial charge in [0, 0.05) is 10.9 Å². The molecule has 22 heavy (non-hydrogen) atoms. The van der Waals surface area contributed by atoms with Crippen molar-refractivity contribution < 1.29 is 23.5 Å². The zero-order valence-electron chi connectivity index (χ0n) is 12.6. The van der Waals surface area contributed by atoms with E-state index in [4.69, 9.17) is 9.52 Å². The molecule has 0 bridgehead atoms. The molecule has 1 amide bonds. The lowest BCUT2D eigenvalue weighted by Crippen LogP contribution is -2.41. The monoisotopic (exact) mass is 307 g/mol. The number of amides is 1. The fourth-order valence-electron chi connectivity index (χ4n) is 2.33. The van der Waals surface area contributed by atoms with Gasteiger partial charge >= 0.3 is 5.97 Å². The van der Waals surface area contributed by atoms with Crippen molar-refractivity contribution in [2.75, 3.05) is 0 Å². The number of carbonyl (C=O) groups excluding carboxylic acids is 1. The largest absolute Gasteiger partial charge is 0.480 e. The van der Waals surface area contributed by atoms with Crippen molar-refractivity contribution in [3.05, 3.63) is 35.3 Å². The third-order valence-corrected chi connectivity index (χ3v) is 3.41. The smallest absolute Gasteiger partial charge is 0.326 e. The van der Waals surface area contributed by atoms with Crippen LogP contribution in [-0.4, -0.2) is 23.0 Å². The van der Waals surface area contributed by atoms with Gasteiger partial charge in [-0.25, -0.2) is 9.18 Å². The molecule has 5 nitrogen and oxygen atoms in total. The number of hydrogen-bond donors (Lipinski definition) is 2. The van der Waals surface area contributed by atoms with E-state index in [0.29, 0.717) is 23.0 Å². The van der Waals surface area contributed by atoms with Crippen LogP contribution in [0.4, 0.5) is 4.39 Å². The number of hydrogen-bond acceptors (Lipinski definition) is 3. The molecule has 2 aromatic rings. The Morgan fingerprint density at radius 2 is 2.05 bits per heavy atom. The predicted molar refractivity (Wildman–Crippen MR) is 79.3 cm³/mol. The normalized spacial score (nSPS) is 12.6. The highest BCUT2D eigenvalue weighted by atomic mass is 19.1. The second kappa shape index (κ2) is 6.17. The van der Waals surface area contributed by atoms with E-state index in [-0.39, 0.29) is 11.7 Å². The van der Waals surface area contributed by atoms with Crippen LogP contribution < -0.4 is 5.32 Å². The molecule has 0 fully saturated rings. The van der Waals surface area contributed by atoms with Crippen molar-refractivity contribution >= 4 is 22.8 Å². The lowest BCUT2D eigenvalue weighted by molar-refractivity contribution is -0.139. The summed E-state index contributed by atoms with van der Waals surface area (Å²) in [5.41, 5.74) is 0.875. The van der Waals surface area contributed by atoms with Crippen molar-refractivity contribution in [2.45, 2.75) is 33.2 Å². The van der Waals surface area contributed by atoms with Gasteiger partial charge in [-0.15, -0.1) is 0 Å².